The summed E-state index contributed by atoms with van der Waals surface area (Å²) in [6, 6.07) is 0. The number of aryl methyl sites for hydroxylation is 1. The van der Waals surface area contributed by atoms with Gasteiger partial charge in [0, 0.05) is 12.3 Å². The average molecular weight is 345 g/mol. The molecule has 0 saturated heterocycles. The van der Waals surface area contributed by atoms with Crippen molar-refractivity contribution in [3.63, 3.8) is 0 Å². The van der Waals surface area contributed by atoms with Crippen LogP contribution in [0, 0.1) is 3.57 Å². The van der Waals surface area contributed by atoms with Gasteiger partial charge in [-0.3, -0.25) is 0 Å². The molecule has 2 N–H and O–H groups in total. The maximum atomic E-state index is 6.00. The van der Waals surface area contributed by atoms with Crippen molar-refractivity contribution in [2.24, 2.45) is 0 Å². The van der Waals surface area contributed by atoms with Crippen molar-refractivity contribution in [2.45, 2.75) is 57.8 Å². The summed E-state index contributed by atoms with van der Waals surface area (Å²) < 4.78 is 1.08. The number of rotatable bonds is 4. The smallest absolute Gasteiger partial charge is 0.140 e. The van der Waals surface area contributed by atoms with Crippen LogP contribution in [0.25, 0.3) is 0 Å². The van der Waals surface area contributed by atoms with Crippen molar-refractivity contribution in [1.82, 2.24) is 9.97 Å². The van der Waals surface area contributed by atoms with Gasteiger partial charge >= 0.3 is 0 Å². The topological polar surface area (TPSA) is 51.8 Å². The van der Waals surface area contributed by atoms with Crippen molar-refractivity contribution in [2.75, 3.05) is 5.73 Å². The van der Waals surface area contributed by atoms with Gasteiger partial charge in [-0.05, 0) is 41.9 Å². The molecule has 0 bridgehead atoms. The van der Waals surface area contributed by atoms with Crippen LogP contribution in [0.4, 0.5) is 5.82 Å². The fourth-order valence-corrected chi connectivity index (χ4v) is 3.13. The number of nitrogen functional groups attached to an aromatic ring is 1. The van der Waals surface area contributed by atoms with E-state index in [0.29, 0.717) is 11.7 Å². The second kappa shape index (κ2) is 5.98. The number of anilines is 1. The van der Waals surface area contributed by atoms with Gasteiger partial charge < -0.3 is 5.73 Å². The summed E-state index contributed by atoms with van der Waals surface area (Å²) in [6.45, 7) is 2.19. The Morgan fingerprint density at radius 3 is 2.65 bits per heavy atom. The van der Waals surface area contributed by atoms with Crippen LogP contribution in [-0.2, 0) is 6.42 Å². The number of hydrogen-bond donors (Lipinski definition) is 1. The number of hydrogen-bond acceptors (Lipinski definition) is 3. The van der Waals surface area contributed by atoms with E-state index in [1.807, 2.05) is 0 Å². The van der Waals surface area contributed by atoms with Crippen LogP contribution in [-0.4, -0.2) is 9.97 Å². The van der Waals surface area contributed by atoms with Gasteiger partial charge in [-0.1, -0.05) is 26.2 Å². The highest BCUT2D eigenvalue weighted by Gasteiger charge is 2.22. The third kappa shape index (κ3) is 3.09. The standard InChI is InChI=1S/C13H20IN3/c1-2-3-8-10-16-12(9-6-4-5-7-9)11(14)13(15)17-10/h9H,2-8H2,1H3,(H2,15,16,17). The lowest BCUT2D eigenvalue weighted by Gasteiger charge is -2.13. The molecule has 1 aromatic rings. The largest absolute Gasteiger partial charge is 0.383 e. The molecule has 0 amide bonds. The first-order valence-electron chi connectivity index (χ1n) is 6.54. The van der Waals surface area contributed by atoms with Crippen molar-refractivity contribution in [1.29, 1.82) is 0 Å². The van der Waals surface area contributed by atoms with E-state index < -0.39 is 0 Å². The van der Waals surface area contributed by atoms with Crippen LogP contribution in [0.3, 0.4) is 0 Å². The molecule has 0 radical (unpaired) electrons. The Balaban J connectivity index is 2.25. The van der Waals surface area contributed by atoms with E-state index in [-0.39, 0.29) is 0 Å². The molecule has 0 atom stereocenters. The molecule has 0 aliphatic heterocycles. The van der Waals surface area contributed by atoms with Crippen molar-refractivity contribution < 1.29 is 0 Å². The van der Waals surface area contributed by atoms with Crippen LogP contribution in [0.5, 0.6) is 0 Å². The van der Waals surface area contributed by atoms with E-state index >= 15 is 0 Å². The van der Waals surface area contributed by atoms with Gasteiger partial charge in [-0.25, -0.2) is 9.97 Å². The molecule has 17 heavy (non-hydrogen) atoms. The van der Waals surface area contributed by atoms with E-state index in [9.17, 15) is 0 Å². The fraction of sp³-hybridized carbons (Fsp3) is 0.692. The molecule has 94 valence electrons. The molecule has 1 aliphatic rings. The first-order valence-corrected chi connectivity index (χ1v) is 7.62. The average Bonchev–Trinajstić information content (AvgIpc) is 2.84. The molecule has 1 aliphatic carbocycles. The molecule has 1 fully saturated rings. The van der Waals surface area contributed by atoms with Crippen molar-refractivity contribution in [3.05, 3.63) is 15.1 Å². The lowest BCUT2D eigenvalue weighted by atomic mass is 10.0. The molecule has 0 unspecified atom stereocenters. The summed E-state index contributed by atoms with van der Waals surface area (Å²) in [5.74, 6) is 2.23. The summed E-state index contributed by atoms with van der Waals surface area (Å²) in [5, 5.41) is 0. The van der Waals surface area contributed by atoms with Gasteiger partial charge in [-0.2, -0.15) is 0 Å². The Labute approximate surface area is 117 Å². The summed E-state index contributed by atoms with van der Waals surface area (Å²) in [4.78, 5) is 9.16. The predicted molar refractivity (Wildman–Crippen MR) is 79.0 cm³/mol. The molecular weight excluding hydrogens is 325 g/mol. The van der Waals surface area contributed by atoms with Gasteiger partial charge in [0.15, 0.2) is 0 Å². The van der Waals surface area contributed by atoms with Crippen LogP contribution in [0.1, 0.15) is 62.9 Å². The third-order valence-electron chi connectivity index (χ3n) is 3.44. The molecule has 1 saturated carbocycles. The summed E-state index contributed by atoms with van der Waals surface area (Å²) in [7, 11) is 0. The first kappa shape index (κ1) is 13.1. The van der Waals surface area contributed by atoms with Gasteiger partial charge in [0.2, 0.25) is 0 Å². The Kier molecular flexibility index (Phi) is 4.59. The Hall–Kier alpha value is -0.390. The van der Waals surface area contributed by atoms with E-state index in [2.05, 4.69) is 34.5 Å². The van der Waals surface area contributed by atoms with Gasteiger partial charge in [0.25, 0.3) is 0 Å². The highest BCUT2D eigenvalue weighted by Crippen LogP contribution is 2.36. The number of halogens is 1. The van der Waals surface area contributed by atoms with E-state index in [4.69, 9.17) is 10.7 Å². The quantitative estimate of drug-likeness (QED) is 0.848. The Bertz CT molecular complexity index is 386. The normalized spacial score (nSPS) is 16.6. The summed E-state index contributed by atoms with van der Waals surface area (Å²) in [6.07, 6.45) is 8.46. The highest BCUT2D eigenvalue weighted by atomic mass is 127. The lowest BCUT2D eigenvalue weighted by Crippen LogP contribution is -2.09. The minimum Gasteiger partial charge on any atom is -0.383 e. The van der Waals surface area contributed by atoms with Gasteiger partial charge in [0.05, 0.1) is 9.26 Å². The second-order valence-electron chi connectivity index (χ2n) is 4.81. The van der Waals surface area contributed by atoms with Gasteiger partial charge in [-0.15, -0.1) is 0 Å². The molecular formula is C13H20IN3. The lowest BCUT2D eigenvalue weighted by molar-refractivity contribution is 0.669. The predicted octanol–water partition coefficient (Wildman–Crippen LogP) is 3.66. The zero-order valence-electron chi connectivity index (χ0n) is 10.4. The van der Waals surface area contributed by atoms with Crippen LogP contribution in [0.2, 0.25) is 0 Å². The number of unbranched alkanes of at least 4 members (excludes halogenated alkanes) is 1. The fourth-order valence-electron chi connectivity index (χ4n) is 2.45. The molecule has 1 aromatic heterocycles. The van der Waals surface area contributed by atoms with Crippen molar-refractivity contribution >= 4 is 28.4 Å². The summed E-state index contributed by atoms with van der Waals surface area (Å²) >= 11 is 2.30. The minimum absolute atomic E-state index is 0.618. The minimum atomic E-state index is 0.618. The second-order valence-corrected chi connectivity index (χ2v) is 5.89. The molecule has 4 heteroatoms. The van der Waals surface area contributed by atoms with Crippen molar-refractivity contribution in [3.8, 4) is 0 Å². The van der Waals surface area contributed by atoms with Crippen LogP contribution < -0.4 is 5.73 Å². The molecule has 0 spiro atoms. The van der Waals surface area contributed by atoms with Gasteiger partial charge in [0.1, 0.15) is 11.6 Å². The van der Waals surface area contributed by atoms with E-state index in [1.165, 1.54) is 37.8 Å². The molecule has 3 nitrogen and oxygen atoms in total. The number of nitrogens with two attached hydrogens (primary N) is 1. The zero-order chi connectivity index (χ0) is 12.3. The van der Waals surface area contributed by atoms with Crippen LogP contribution in [0.15, 0.2) is 0 Å². The molecule has 0 aromatic carbocycles. The third-order valence-corrected chi connectivity index (χ3v) is 4.55. The zero-order valence-corrected chi connectivity index (χ0v) is 12.5. The van der Waals surface area contributed by atoms with Crippen LogP contribution >= 0.6 is 22.6 Å². The first-order chi connectivity index (χ1) is 8.22. The SMILES string of the molecule is CCCCc1nc(N)c(I)c(C2CCCC2)n1. The Morgan fingerprint density at radius 1 is 1.29 bits per heavy atom. The summed E-state index contributed by atoms with van der Waals surface area (Å²) in [5.41, 5.74) is 7.21. The van der Waals surface area contributed by atoms with E-state index in [0.717, 1.165) is 22.2 Å². The monoisotopic (exact) mass is 345 g/mol. The highest BCUT2D eigenvalue weighted by molar-refractivity contribution is 14.1. The molecule has 1 heterocycles. The van der Waals surface area contributed by atoms with E-state index in [1.54, 1.807) is 0 Å². The Morgan fingerprint density at radius 2 is 2.00 bits per heavy atom. The number of aromatic nitrogens is 2. The maximum absolute atomic E-state index is 6.00. The maximum Gasteiger partial charge on any atom is 0.140 e. The number of nitrogens with zero attached hydrogens (tertiary/aromatic N) is 2. The molecule has 2 rings (SSSR count).